The summed E-state index contributed by atoms with van der Waals surface area (Å²) in [4.78, 5) is 17.4. The number of amides is 1. The largest absolute Gasteiger partial charge is 0.446 e. The molecule has 1 aromatic heterocycles. The molecule has 2 aliphatic rings. The third-order valence-corrected chi connectivity index (χ3v) is 6.75. The minimum atomic E-state index is -0.441. The smallest absolute Gasteiger partial charge is 0.408 e. The predicted molar refractivity (Wildman–Crippen MR) is 136 cm³/mol. The average Bonchev–Trinajstić information content (AvgIpc) is 3.60. The summed E-state index contributed by atoms with van der Waals surface area (Å²) in [6.45, 7) is 2.07. The lowest BCUT2D eigenvalue weighted by Gasteiger charge is -2.25. The molecule has 2 N–H and O–H groups in total. The topological polar surface area (TPSA) is 68.2 Å². The number of hydrogen-bond donors (Lipinski definition) is 2. The molecule has 4 rings (SSSR count). The predicted octanol–water partition coefficient (Wildman–Crippen LogP) is 5.72. The number of halogens is 1. The third kappa shape index (κ3) is 5.73. The van der Waals surface area contributed by atoms with E-state index in [0.29, 0.717) is 10.9 Å². The van der Waals surface area contributed by atoms with Gasteiger partial charge in [-0.2, -0.15) is 0 Å². The van der Waals surface area contributed by atoms with Crippen LogP contribution in [0.1, 0.15) is 55.5 Å². The molecular formula is C27H33ClN4O2. The second-order valence-corrected chi connectivity index (χ2v) is 9.42. The Morgan fingerprint density at radius 1 is 1.35 bits per heavy atom. The minimum absolute atomic E-state index is 0.0424. The molecule has 2 aliphatic carbocycles. The Balaban J connectivity index is 1.76. The Bertz CT molecular complexity index is 1110. The molecule has 0 bridgehead atoms. The lowest BCUT2D eigenvalue weighted by molar-refractivity contribution is 0.0814. The van der Waals surface area contributed by atoms with Crippen LogP contribution in [0.3, 0.4) is 0 Å². The van der Waals surface area contributed by atoms with Crippen molar-refractivity contribution >= 4 is 23.3 Å². The van der Waals surface area contributed by atoms with Crippen molar-refractivity contribution < 1.29 is 9.53 Å². The maximum absolute atomic E-state index is 13.1. The van der Waals surface area contributed by atoms with Crippen molar-refractivity contribution in [3.63, 3.8) is 0 Å². The van der Waals surface area contributed by atoms with E-state index in [-0.39, 0.29) is 6.10 Å². The molecule has 2 atom stereocenters. The van der Waals surface area contributed by atoms with Crippen molar-refractivity contribution in [2.24, 2.45) is 13.0 Å². The molecule has 1 fully saturated rings. The number of aryl methyl sites for hydroxylation is 2. The van der Waals surface area contributed by atoms with Crippen LogP contribution in [0.2, 0.25) is 5.02 Å². The molecule has 2 aromatic rings. The van der Waals surface area contributed by atoms with E-state index in [1.807, 2.05) is 43.1 Å². The van der Waals surface area contributed by atoms with Crippen LogP contribution >= 0.6 is 11.6 Å². The number of fused-ring (bicyclic) bond motifs is 1. The summed E-state index contributed by atoms with van der Waals surface area (Å²) in [7, 11) is 3.81. The highest BCUT2D eigenvalue weighted by atomic mass is 35.5. The molecule has 1 amide bonds. The second kappa shape index (κ2) is 11.0. The molecule has 6 nitrogen and oxygen atoms in total. The van der Waals surface area contributed by atoms with Crippen molar-refractivity contribution in [2.45, 2.75) is 51.2 Å². The number of allylic oxidation sites excluding steroid dienone is 4. The monoisotopic (exact) mass is 480 g/mol. The molecule has 180 valence electrons. The van der Waals surface area contributed by atoms with Gasteiger partial charge in [0.05, 0.1) is 24.3 Å². The maximum Gasteiger partial charge on any atom is 0.408 e. The number of hydrogen-bond acceptors (Lipinski definition) is 4. The van der Waals surface area contributed by atoms with E-state index in [9.17, 15) is 4.79 Å². The van der Waals surface area contributed by atoms with Gasteiger partial charge in [0, 0.05) is 19.1 Å². The summed E-state index contributed by atoms with van der Waals surface area (Å²) in [5.41, 5.74) is 5.25. The number of rotatable bonds is 8. The SMILES string of the molecule is CCC(OC(=O)N[C@H](C1=C/C(=C/C=C\NC)CCc2ccc(Cl)cc21)c1cncn1C)C1CC1. The standard InChI is InChI=1S/C27H33ClN4O2/c1-4-25(20-9-10-20)34-27(33)31-26(24-16-30-17-32(24)3)23-14-18(6-5-13-29-2)7-8-19-11-12-21(28)15-22(19)23/h5-6,11-17,20,25-26,29H,4,7-10H2,1-3H3,(H,31,33)/b13-5-,18-6+/t25?,26-/m1/s1. The molecule has 0 radical (unpaired) electrons. The summed E-state index contributed by atoms with van der Waals surface area (Å²) < 4.78 is 7.80. The van der Waals surface area contributed by atoms with Gasteiger partial charge in [0.25, 0.3) is 0 Å². The molecule has 0 aliphatic heterocycles. The first kappa shape index (κ1) is 24.1. The van der Waals surface area contributed by atoms with Crippen LogP contribution in [0.25, 0.3) is 5.57 Å². The first-order chi connectivity index (χ1) is 16.5. The number of carbonyl (C=O) groups excluding carboxylic acids is 1. The number of nitrogens with zero attached hydrogens (tertiary/aromatic N) is 2. The molecule has 1 heterocycles. The minimum Gasteiger partial charge on any atom is -0.446 e. The van der Waals surface area contributed by atoms with Crippen molar-refractivity contribution in [1.29, 1.82) is 0 Å². The second-order valence-electron chi connectivity index (χ2n) is 8.99. The van der Waals surface area contributed by atoms with E-state index >= 15 is 0 Å². The van der Waals surface area contributed by atoms with Gasteiger partial charge < -0.3 is 19.9 Å². The van der Waals surface area contributed by atoms with Gasteiger partial charge in [-0.3, -0.25) is 0 Å². The molecule has 1 saturated carbocycles. The Hall–Kier alpha value is -2.99. The van der Waals surface area contributed by atoms with Gasteiger partial charge in [-0.15, -0.1) is 0 Å². The number of imidazole rings is 1. The normalized spacial score (nSPS) is 18.7. The number of carbonyl (C=O) groups is 1. The number of aromatic nitrogens is 2. The maximum atomic E-state index is 13.1. The van der Waals surface area contributed by atoms with Crippen LogP contribution in [-0.4, -0.2) is 28.8 Å². The fourth-order valence-corrected chi connectivity index (χ4v) is 4.70. The average molecular weight is 481 g/mol. The molecule has 1 unspecified atom stereocenters. The lowest BCUT2D eigenvalue weighted by atomic mass is 9.92. The zero-order valence-electron chi connectivity index (χ0n) is 20.1. The van der Waals surface area contributed by atoms with E-state index in [1.165, 1.54) is 11.1 Å². The Morgan fingerprint density at radius 2 is 2.18 bits per heavy atom. The summed E-state index contributed by atoms with van der Waals surface area (Å²) in [5, 5.41) is 6.85. The number of ether oxygens (including phenoxy) is 1. The summed E-state index contributed by atoms with van der Waals surface area (Å²) in [6, 6.07) is 5.56. The van der Waals surface area contributed by atoms with Crippen LogP contribution in [0.4, 0.5) is 4.79 Å². The molecule has 34 heavy (non-hydrogen) atoms. The van der Waals surface area contributed by atoms with Crippen LogP contribution in [0.5, 0.6) is 0 Å². The van der Waals surface area contributed by atoms with Crippen molar-refractivity contribution in [3.05, 3.63) is 82.6 Å². The number of nitrogens with one attached hydrogen (secondary N) is 2. The Labute approximate surface area is 206 Å². The Morgan fingerprint density at radius 3 is 2.85 bits per heavy atom. The van der Waals surface area contributed by atoms with Gasteiger partial charge in [-0.25, -0.2) is 9.78 Å². The van der Waals surface area contributed by atoms with Crippen LogP contribution in [-0.2, 0) is 18.2 Å². The fourth-order valence-electron chi connectivity index (χ4n) is 4.53. The zero-order chi connectivity index (χ0) is 24.1. The van der Waals surface area contributed by atoms with Crippen LogP contribution in [0, 0.1) is 5.92 Å². The van der Waals surface area contributed by atoms with E-state index < -0.39 is 12.1 Å². The quantitative estimate of drug-likeness (QED) is 0.507. The summed E-state index contributed by atoms with van der Waals surface area (Å²) in [6.07, 6.45) is 16.1. The highest BCUT2D eigenvalue weighted by Gasteiger charge is 2.34. The van der Waals surface area contributed by atoms with Crippen molar-refractivity contribution in [1.82, 2.24) is 20.2 Å². The van der Waals surface area contributed by atoms with Gasteiger partial charge >= 0.3 is 6.09 Å². The van der Waals surface area contributed by atoms with Crippen molar-refractivity contribution in [2.75, 3.05) is 7.05 Å². The molecule has 0 spiro atoms. The van der Waals surface area contributed by atoms with Crippen LogP contribution < -0.4 is 10.6 Å². The zero-order valence-corrected chi connectivity index (χ0v) is 20.8. The lowest BCUT2D eigenvalue weighted by Crippen LogP contribution is -2.34. The fraction of sp³-hybridized carbons (Fsp3) is 0.407. The van der Waals surface area contributed by atoms with Gasteiger partial charge in [0.15, 0.2) is 0 Å². The van der Waals surface area contributed by atoms with E-state index in [1.54, 1.807) is 12.5 Å². The van der Waals surface area contributed by atoms with Crippen LogP contribution in [0.15, 0.2) is 60.7 Å². The first-order valence-electron chi connectivity index (χ1n) is 12.0. The number of alkyl carbamates (subject to hydrolysis) is 1. The van der Waals surface area contributed by atoms with E-state index in [2.05, 4.69) is 40.8 Å². The first-order valence-corrected chi connectivity index (χ1v) is 12.3. The highest BCUT2D eigenvalue weighted by Crippen LogP contribution is 2.39. The van der Waals surface area contributed by atoms with Gasteiger partial charge in [-0.05, 0) is 84.7 Å². The molecule has 0 saturated heterocycles. The van der Waals surface area contributed by atoms with E-state index in [0.717, 1.165) is 48.9 Å². The molecule has 7 heteroatoms. The van der Waals surface area contributed by atoms with Crippen molar-refractivity contribution in [3.8, 4) is 0 Å². The third-order valence-electron chi connectivity index (χ3n) is 6.51. The van der Waals surface area contributed by atoms with Gasteiger partial charge in [0.1, 0.15) is 6.10 Å². The highest BCUT2D eigenvalue weighted by molar-refractivity contribution is 6.30. The molecule has 1 aromatic carbocycles. The summed E-state index contributed by atoms with van der Waals surface area (Å²) in [5.74, 6) is 0.482. The van der Waals surface area contributed by atoms with Gasteiger partial charge in [-0.1, -0.05) is 36.7 Å². The molecular weight excluding hydrogens is 448 g/mol. The number of benzene rings is 1. The van der Waals surface area contributed by atoms with E-state index in [4.69, 9.17) is 16.3 Å². The Kier molecular flexibility index (Phi) is 7.78. The summed E-state index contributed by atoms with van der Waals surface area (Å²) >= 11 is 6.44. The van der Waals surface area contributed by atoms with Gasteiger partial charge in [0.2, 0.25) is 0 Å².